The van der Waals surface area contributed by atoms with E-state index in [9.17, 15) is 0 Å². The average molecular weight is 225 g/mol. The van der Waals surface area contributed by atoms with Crippen LogP contribution in [-0.4, -0.2) is 13.6 Å². The zero-order chi connectivity index (χ0) is 12.8. The summed E-state index contributed by atoms with van der Waals surface area (Å²) >= 11 is 0. The minimum Gasteiger partial charge on any atom is -0.319 e. The number of rotatable bonds is 7. The van der Waals surface area contributed by atoms with Crippen molar-refractivity contribution in [2.24, 2.45) is 16.7 Å². The Morgan fingerprint density at radius 1 is 1.25 bits per heavy atom. The molecule has 1 heteroatoms. The van der Waals surface area contributed by atoms with E-state index in [1.54, 1.807) is 0 Å². The van der Waals surface area contributed by atoms with E-state index < -0.39 is 0 Å². The summed E-state index contributed by atoms with van der Waals surface area (Å²) in [6.07, 6.45) is 7.14. The first-order valence-corrected chi connectivity index (χ1v) is 6.66. The molecule has 0 spiro atoms. The largest absolute Gasteiger partial charge is 0.319 e. The highest BCUT2D eigenvalue weighted by molar-refractivity contribution is 5.07. The highest BCUT2D eigenvalue weighted by Crippen LogP contribution is 2.48. The molecule has 1 nitrogen and oxygen atoms in total. The SMILES string of the molecule is CC=CC(C)(C(C)C)C(C)(CCC)CNC. The molecule has 0 radical (unpaired) electrons. The third-order valence-corrected chi connectivity index (χ3v) is 4.38. The highest BCUT2D eigenvalue weighted by Gasteiger charge is 2.43. The van der Waals surface area contributed by atoms with Gasteiger partial charge in [-0.1, -0.05) is 53.2 Å². The minimum atomic E-state index is 0.265. The van der Waals surface area contributed by atoms with Gasteiger partial charge in [-0.15, -0.1) is 0 Å². The molecule has 0 heterocycles. The Morgan fingerprint density at radius 3 is 2.12 bits per heavy atom. The van der Waals surface area contributed by atoms with Gasteiger partial charge in [-0.25, -0.2) is 0 Å². The molecule has 2 atom stereocenters. The number of hydrogen-bond acceptors (Lipinski definition) is 1. The third-order valence-electron chi connectivity index (χ3n) is 4.38. The van der Waals surface area contributed by atoms with Gasteiger partial charge in [0.2, 0.25) is 0 Å². The summed E-state index contributed by atoms with van der Waals surface area (Å²) in [6, 6.07) is 0. The number of nitrogens with one attached hydrogen (secondary N) is 1. The maximum Gasteiger partial charge on any atom is 0.00105 e. The summed E-state index contributed by atoms with van der Waals surface area (Å²) in [5.41, 5.74) is 0.595. The molecule has 0 amide bonds. The van der Waals surface area contributed by atoms with Crippen molar-refractivity contribution in [3.63, 3.8) is 0 Å². The van der Waals surface area contributed by atoms with Crippen LogP contribution in [-0.2, 0) is 0 Å². The third kappa shape index (κ3) is 3.10. The van der Waals surface area contributed by atoms with Gasteiger partial charge in [-0.2, -0.15) is 0 Å². The van der Waals surface area contributed by atoms with Crippen molar-refractivity contribution in [3.05, 3.63) is 12.2 Å². The molecule has 96 valence electrons. The Labute approximate surface area is 103 Å². The molecule has 0 aliphatic rings. The molecule has 0 saturated heterocycles. The fourth-order valence-corrected chi connectivity index (χ4v) is 2.93. The van der Waals surface area contributed by atoms with E-state index >= 15 is 0 Å². The van der Waals surface area contributed by atoms with Crippen LogP contribution in [0.2, 0.25) is 0 Å². The van der Waals surface area contributed by atoms with Crippen LogP contribution in [0.3, 0.4) is 0 Å². The second-order valence-corrected chi connectivity index (χ2v) is 5.78. The number of hydrogen-bond donors (Lipinski definition) is 1. The fraction of sp³-hybridized carbons (Fsp3) is 0.867. The van der Waals surface area contributed by atoms with Crippen LogP contribution in [0.4, 0.5) is 0 Å². The van der Waals surface area contributed by atoms with Crippen LogP contribution < -0.4 is 5.32 Å². The van der Waals surface area contributed by atoms with Crippen molar-refractivity contribution < 1.29 is 0 Å². The quantitative estimate of drug-likeness (QED) is 0.639. The van der Waals surface area contributed by atoms with Gasteiger partial charge in [0, 0.05) is 6.54 Å². The summed E-state index contributed by atoms with van der Waals surface area (Å²) < 4.78 is 0. The molecule has 0 aliphatic carbocycles. The summed E-state index contributed by atoms with van der Waals surface area (Å²) in [5.74, 6) is 0.661. The summed E-state index contributed by atoms with van der Waals surface area (Å²) in [4.78, 5) is 0. The zero-order valence-corrected chi connectivity index (χ0v) is 12.4. The van der Waals surface area contributed by atoms with Crippen LogP contribution in [0.1, 0.15) is 54.4 Å². The molecule has 0 fully saturated rings. The summed E-state index contributed by atoms with van der Waals surface area (Å²) in [6.45, 7) is 15.0. The molecule has 0 aromatic heterocycles. The lowest BCUT2D eigenvalue weighted by atomic mass is 9.58. The van der Waals surface area contributed by atoms with Crippen molar-refractivity contribution in [3.8, 4) is 0 Å². The molecule has 0 bridgehead atoms. The first-order valence-electron chi connectivity index (χ1n) is 6.66. The van der Waals surface area contributed by atoms with Crippen LogP contribution >= 0.6 is 0 Å². The molecule has 1 N–H and O–H groups in total. The molecule has 0 aliphatic heterocycles. The van der Waals surface area contributed by atoms with Crippen molar-refractivity contribution in [2.45, 2.75) is 54.4 Å². The Balaban J connectivity index is 5.24. The van der Waals surface area contributed by atoms with E-state index in [-0.39, 0.29) is 5.41 Å². The van der Waals surface area contributed by atoms with Crippen LogP contribution in [0.25, 0.3) is 0 Å². The van der Waals surface area contributed by atoms with Gasteiger partial charge in [0.15, 0.2) is 0 Å². The van der Waals surface area contributed by atoms with Crippen molar-refractivity contribution in [1.82, 2.24) is 5.32 Å². The minimum absolute atomic E-state index is 0.265. The van der Waals surface area contributed by atoms with Crippen LogP contribution in [0.15, 0.2) is 12.2 Å². The normalized spacial score (nSPS) is 20.0. The molecule has 0 aromatic carbocycles. The fourth-order valence-electron chi connectivity index (χ4n) is 2.93. The predicted molar refractivity (Wildman–Crippen MR) is 74.7 cm³/mol. The van der Waals surface area contributed by atoms with E-state index in [1.165, 1.54) is 12.8 Å². The van der Waals surface area contributed by atoms with E-state index in [2.05, 4.69) is 66.1 Å². The molecule has 0 rings (SSSR count). The highest BCUT2D eigenvalue weighted by atomic mass is 14.8. The van der Waals surface area contributed by atoms with E-state index in [0.29, 0.717) is 11.3 Å². The Kier molecular flexibility index (Phi) is 6.32. The van der Waals surface area contributed by atoms with Gasteiger partial charge in [0.25, 0.3) is 0 Å². The smallest absolute Gasteiger partial charge is 0.00105 e. The van der Waals surface area contributed by atoms with Gasteiger partial charge in [-0.05, 0) is 37.1 Å². The monoisotopic (exact) mass is 225 g/mol. The van der Waals surface area contributed by atoms with Crippen LogP contribution in [0, 0.1) is 16.7 Å². The second kappa shape index (κ2) is 6.44. The van der Waals surface area contributed by atoms with Crippen LogP contribution in [0.5, 0.6) is 0 Å². The van der Waals surface area contributed by atoms with E-state index in [0.717, 1.165) is 6.54 Å². The molecule has 0 aromatic rings. The standard InChI is InChI=1S/C15H31N/c1-8-10-14(5,12-16-7)15(6,11-9-2)13(3)4/h9,11,13,16H,8,10,12H2,1-7H3. The molecular formula is C15H31N. The Hall–Kier alpha value is -0.300. The van der Waals surface area contributed by atoms with E-state index in [1.807, 2.05) is 0 Å². The first-order chi connectivity index (χ1) is 7.38. The Bertz CT molecular complexity index is 211. The van der Waals surface area contributed by atoms with Gasteiger partial charge in [-0.3, -0.25) is 0 Å². The van der Waals surface area contributed by atoms with Gasteiger partial charge >= 0.3 is 0 Å². The lowest BCUT2D eigenvalue weighted by Crippen LogP contribution is -2.46. The summed E-state index contributed by atoms with van der Waals surface area (Å²) in [7, 11) is 2.06. The van der Waals surface area contributed by atoms with Gasteiger partial charge in [0.1, 0.15) is 0 Å². The van der Waals surface area contributed by atoms with Crippen molar-refractivity contribution >= 4 is 0 Å². The van der Waals surface area contributed by atoms with Crippen molar-refractivity contribution in [2.75, 3.05) is 13.6 Å². The summed E-state index contributed by atoms with van der Waals surface area (Å²) in [5, 5.41) is 3.38. The average Bonchev–Trinajstić information content (AvgIpc) is 2.18. The van der Waals surface area contributed by atoms with Gasteiger partial charge in [0.05, 0.1) is 0 Å². The maximum absolute atomic E-state index is 3.38. The molecule has 16 heavy (non-hydrogen) atoms. The molecule has 2 unspecified atom stereocenters. The van der Waals surface area contributed by atoms with Gasteiger partial charge < -0.3 is 5.32 Å². The molecular weight excluding hydrogens is 194 g/mol. The zero-order valence-electron chi connectivity index (χ0n) is 12.4. The number of allylic oxidation sites excluding steroid dienone is 2. The maximum atomic E-state index is 3.38. The lowest BCUT2D eigenvalue weighted by Gasteiger charge is -2.48. The Morgan fingerprint density at radius 2 is 1.81 bits per heavy atom. The predicted octanol–water partition coefficient (Wildman–Crippen LogP) is 4.25. The topological polar surface area (TPSA) is 12.0 Å². The first kappa shape index (κ1) is 15.7. The van der Waals surface area contributed by atoms with Crippen molar-refractivity contribution in [1.29, 1.82) is 0 Å². The lowest BCUT2D eigenvalue weighted by molar-refractivity contribution is 0.0601. The van der Waals surface area contributed by atoms with E-state index in [4.69, 9.17) is 0 Å². The molecule has 0 saturated carbocycles. The second-order valence-electron chi connectivity index (χ2n) is 5.78.